The fourth-order valence-corrected chi connectivity index (χ4v) is 3.35. The van der Waals surface area contributed by atoms with E-state index in [2.05, 4.69) is 32.8 Å². The number of carbonyl (C=O) groups is 1. The minimum absolute atomic E-state index is 0.0755. The average Bonchev–Trinajstić information content (AvgIpc) is 2.77. The van der Waals surface area contributed by atoms with Gasteiger partial charge in [0.2, 0.25) is 0 Å². The molecule has 7 heteroatoms. The number of hydrogen-bond acceptors (Lipinski definition) is 6. The zero-order valence-electron chi connectivity index (χ0n) is 17.0. The number of nitrogens with zero attached hydrogens (tertiary/aromatic N) is 5. The molecule has 2 heterocycles. The Morgan fingerprint density at radius 2 is 1.82 bits per heavy atom. The Morgan fingerprint density at radius 3 is 2.46 bits per heavy atom. The van der Waals surface area contributed by atoms with E-state index >= 15 is 0 Å². The molecule has 0 spiro atoms. The Bertz CT molecular complexity index is 773. The minimum Gasteiger partial charge on any atom is -0.495 e. The maximum atomic E-state index is 12.4. The van der Waals surface area contributed by atoms with Crippen LogP contribution in [0.4, 0.5) is 11.5 Å². The van der Waals surface area contributed by atoms with Crippen LogP contribution in [-0.2, 0) is 0 Å². The number of anilines is 2. The van der Waals surface area contributed by atoms with Crippen LogP contribution >= 0.6 is 0 Å². The summed E-state index contributed by atoms with van der Waals surface area (Å²) < 4.78 is 5.48. The highest BCUT2D eigenvalue weighted by molar-refractivity contribution is 5.91. The molecule has 0 saturated carbocycles. The summed E-state index contributed by atoms with van der Waals surface area (Å²) in [6, 6.07) is 8.09. The lowest BCUT2D eigenvalue weighted by atomic mass is 10.2. The molecule has 7 nitrogen and oxygen atoms in total. The van der Waals surface area contributed by atoms with Crippen molar-refractivity contribution >= 4 is 17.4 Å². The first kappa shape index (κ1) is 19.9. The fraction of sp³-hybridized carbons (Fsp3) is 0.476. The summed E-state index contributed by atoms with van der Waals surface area (Å²) in [6.07, 6.45) is 5.35. The van der Waals surface area contributed by atoms with E-state index in [1.165, 1.54) is 0 Å². The van der Waals surface area contributed by atoms with Crippen molar-refractivity contribution in [3.63, 3.8) is 0 Å². The molecule has 1 saturated heterocycles. The van der Waals surface area contributed by atoms with Crippen LogP contribution in [0.1, 0.15) is 30.3 Å². The van der Waals surface area contributed by atoms with E-state index in [0.717, 1.165) is 62.8 Å². The van der Waals surface area contributed by atoms with Gasteiger partial charge in [0, 0.05) is 39.8 Å². The molecule has 150 valence electrons. The Hall–Kier alpha value is -2.83. The predicted octanol–water partition coefficient (Wildman–Crippen LogP) is 2.68. The van der Waals surface area contributed by atoms with Crippen molar-refractivity contribution in [2.45, 2.75) is 19.8 Å². The summed E-state index contributed by atoms with van der Waals surface area (Å²) in [5.41, 5.74) is 1.52. The van der Waals surface area contributed by atoms with Gasteiger partial charge in [0.1, 0.15) is 17.3 Å². The number of unbranched alkanes of at least 4 members (excludes halogenated alkanes) is 1. The van der Waals surface area contributed by atoms with Crippen LogP contribution < -0.4 is 14.5 Å². The number of carbonyl (C=O) groups excluding carboxylic acids is 1. The molecule has 1 aliphatic heterocycles. The second-order valence-electron chi connectivity index (χ2n) is 6.99. The van der Waals surface area contributed by atoms with Crippen molar-refractivity contribution in [2.24, 2.45) is 0 Å². The van der Waals surface area contributed by atoms with Crippen LogP contribution in [-0.4, -0.2) is 67.7 Å². The van der Waals surface area contributed by atoms with Gasteiger partial charge in [-0.05, 0) is 18.6 Å². The van der Waals surface area contributed by atoms with Crippen LogP contribution in [0.3, 0.4) is 0 Å². The van der Waals surface area contributed by atoms with Gasteiger partial charge in [-0.25, -0.2) is 9.97 Å². The van der Waals surface area contributed by atoms with Gasteiger partial charge in [-0.1, -0.05) is 25.5 Å². The van der Waals surface area contributed by atoms with Crippen molar-refractivity contribution in [3.05, 3.63) is 42.4 Å². The lowest BCUT2D eigenvalue weighted by Crippen LogP contribution is -2.47. The van der Waals surface area contributed by atoms with E-state index in [1.54, 1.807) is 24.4 Å². The number of para-hydroxylation sites is 2. The Kier molecular flexibility index (Phi) is 6.68. The smallest absolute Gasteiger partial charge is 0.273 e. The molecule has 1 aromatic heterocycles. The Balaban J connectivity index is 1.59. The van der Waals surface area contributed by atoms with E-state index < -0.39 is 0 Å². The molecule has 28 heavy (non-hydrogen) atoms. The highest BCUT2D eigenvalue weighted by atomic mass is 16.5. The molecular formula is C21H29N5O2. The fourth-order valence-electron chi connectivity index (χ4n) is 3.35. The van der Waals surface area contributed by atoms with Crippen LogP contribution in [0.2, 0.25) is 0 Å². The number of benzene rings is 1. The quantitative estimate of drug-likeness (QED) is 0.733. The number of methoxy groups -OCH3 is 1. The van der Waals surface area contributed by atoms with Gasteiger partial charge in [0.15, 0.2) is 0 Å². The molecule has 0 atom stereocenters. The van der Waals surface area contributed by atoms with Crippen molar-refractivity contribution in [1.29, 1.82) is 0 Å². The molecule has 0 bridgehead atoms. The number of ether oxygens (including phenoxy) is 1. The molecular weight excluding hydrogens is 354 g/mol. The molecule has 2 aromatic rings. The van der Waals surface area contributed by atoms with Gasteiger partial charge in [0.25, 0.3) is 5.91 Å². The van der Waals surface area contributed by atoms with E-state index in [1.807, 2.05) is 25.2 Å². The molecule has 0 unspecified atom stereocenters. The van der Waals surface area contributed by atoms with Gasteiger partial charge in [0.05, 0.1) is 25.2 Å². The second-order valence-corrected chi connectivity index (χ2v) is 6.99. The number of piperazine rings is 1. The SMILES string of the molecule is CCCCN(C)C(=O)c1cnc(N2CCN(c3ccccc3OC)CC2)cn1. The summed E-state index contributed by atoms with van der Waals surface area (Å²) in [4.78, 5) is 27.5. The molecule has 0 radical (unpaired) electrons. The minimum atomic E-state index is -0.0755. The third-order valence-electron chi connectivity index (χ3n) is 5.08. The standard InChI is InChI=1S/C21H29N5O2/c1-4-5-10-24(2)21(27)17-15-23-20(16-22-17)26-13-11-25(12-14-26)18-8-6-7-9-19(18)28-3/h6-9,15-16H,4-5,10-14H2,1-3H3. The number of rotatable bonds is 7. The maximum Gasteiger partial charge on any atom is 0.273 e. The van der Waals surface area contributed by atoms with Crippen LogP contribution in [0.5, 0.6) is 5.75 Å². The summed E-state index contributed by atoms with van der Waals surface area (Å²) in [5.74, 6) is 1.63. The third kappa shape index (κ3) is 4.52. The van der Waals surface area contributed by atoms with Crippen molar-refractivity contribution in [1.82, 2.24) is 14.9 Å². The number of hydrogen-bond donors (Lipinski definition) is 0. The van der Waals surface area contributed by atoms with Gasteiger partial charge in [-0.3, -0.25) is 4.79 Å². The monoisotopic (exact) mass is 383 g/mol. The second kappa shape index (κ2) is 9.39. The highest BCUT2D eigenvalue weighted by Gasteiger charge is 2.21. The van der Waals surface area contributed by atoms with E-state index in [4.69, 9.17) is 4.74 Å². The van der Waals surface area contributed by atoms with Crippen molar-refractivity contribution < 1.29 is 9.53 Å². The first-order chi connectivity index (χ1) is 13.6. The van der Waals surface area contributed by atoms with Crippen LogP contribution in [0, 0.1) is 0 Å². The van der Waals surface area contributed by atoms with Crippen LogP contribution in [0.25, 0.3) is 0 Å². The van der Waals surface area contributed by atoms with Crippen LogP contribution in [0.15, 0.2) is 36.7 Å². The Labute approximate surface area is 166 Å². The average molecular weight is 383 g/mol. The molecule has 1 fully saturated rings. The van der Waals surface area contributed by atoms with Crippen molar-refractivity contribution in [3.8, 4) is 5.75 Å². The predicted molar refractivity (Wildman–Crippen MR) is 111 cm³/mol. The van der Waals surface area contributed by atoms with Gasteiger partial charge < -0.3 is 19.4 Å². The van der Waals surface area contributed by atoms with E-state index in [0.29, 0.717) is 5.69 Å². The molecule has 0 aliphatic carbocycles. The molecule has 1 aromatic carbocycles. The molecule has 1 amide bonds. The summed E-state index contributed by atoms with van der Waals surface area (Å²) in [6.45, 7) is 6.29. The normalized spacial score (nSPS) is 14.1. The Morgan fingerprint density at radius 1 is 1.11 bits per heavy atom. The summed E-state index contributed by atoms with van der Waals surface area (Å²) >= 11 is 0. The third-order valence-corrected chi connectivity index (χ3v) is 5.08. The zero-order valence-corrected chi connectivity index (χ0v) is 17.0. The number of aromatic nitrogens is 2. The molecule has 3 rings (SSSR count). The number of amides is 1. The summed E-state index contributed by atoms with van der Waals surface area (Å²) in [7, 11) is 3.51. The zero-order chi connectivity index (χ0) is 19.9. The van der Waals surface area contributed by atoms with Gasteiger partial charge in [-0.2, -0.15) is 0 Å². The molecule has 0 N–H and O–H groups in total. The van der Waals surface area contributed by atoms with Gasteiger partial charge in [-0.15, -0.1) is 0 Å². The summed E-state index contributed by atoms with van der Waals surface area (Å²) in [5, 5.41) is 0. The molecule has 1 aliphatic rings. The highest BCUT2D eigenvalue weighted by Crippen LogP contribution is 2.28. The topological polar surface area (TPSA) is 61.8 Å². The lowest BCUT2D eigenvalue weighted by molar-refractivity contribution is 0.0787. The van der Waals surface area contributed by atoms with E-state index in [-0.39, 0.29) is 5.91 Å². The van der Waals surface area contributed by atoms with Crippen molar-refractivity contribution in [2.75, 3.05) is 56.7 Å². The largest absolute Gasteiger partial charge is 0.495 e. The van der Waals surface area contributed by atoms with Gasteiger partial charge >= 0.3 is 0 Å². The lowest BCUT2D eigenvalue weighted by Gasteiger charge is -2.37. The first-order valence-corrected chi connectivity index (χ1v) is 9.84. The van der Waals surface area contributed by atoms with E-state index in [9.17, 15) is 4.79 Å². The maximum absolute atomic E-state index is 12.4. The first-order valence-electron chi connectivity index (χ1n) is 9.84.